The highest BCUT2D eigenvalue weighted by atomic mass is 32.2. The minimum atomic E-state index is -2.77. The zero-order valence-electron chi connectivity index (χ0n) is 11.4. The third kappa shape index (κ3) is 4.59. The molecule has 1 fully saturated rings. The van der Waals surface area contributed by atoms with Gasteiger partial charge < -0.3 is 5.32 Å². The average Bonchev–Trinajstić information content (AvgIpc) is 2.25. The van der Waals surface area contributed by atoms with Gasteiger partial charge in [0, 0.05) is 6.04 Å². The monoisotopic (exact) mass is 261 g/mol. The molecule has 0 bridgehead atoms. The molecule has 2 atom stereocenters. The molecule has 0 aromatic heterocycles. The van der Waals surface area contributed by atoms with Gasteiger partial charge in [0.05, 0.1) is 11.0 Å². The van der Waals surface area contributed by atoms with E-state index in [9.17, 15) is 8.42 Å². The first-order chi connectivity index (χ1) is 7.97. The zero-order chi connectivity index (χ0) is 12.9. The van der Waals surface area contributed by atoms with E-state index in [0.717, 1.165) is 38.5 Å². The van der Waals surface area contributed by atoms with E-state index in [0.29, 0.717) is 17.7 Å². The second kappa shape index (κ2) is 6.74. The number of hydrogen-bond donors (Lipinski definition) is 1. The summed E-state index contributed by atoms with van der Waals surface area (Å²) in [5.41, 5.74) is 0. The zero-order valence-corrected chi connectivity index (χ0v) is 12.2. The highest BCUT2D eigenvalue weighted by Crippen LogP contribution is 2.24. The van der Waals surface area contributed by atoms with E-state index < -0.39 is 9.84 Å². The largest absolute Gasteiger partial charge is 0.317 e. The molecule has 3 nitrogen and oxygen atoms in total. The van der Waals surface area contributed by atoms with Crippen LogP contribution in [0, 0.1) is 5.92 Å². The summed E-state index contributed by atoms with van der Waals surface area (Å²) in [5, 5.41) is 3.26. The van der Waals surface area contributed by atoms with Crippen LogP contribution >= 0.6 is 0 Å². The molecule has 1 unspecified atom stereocenters. The average molecular weight is 261 g/mol. The summed E-state index contributed by atoms with van der Waals surface area (Å²) in [7, 11) is -0.781. The molecule has 1 N–H and O–H groups in total. The Bertz CT molecular complexity index is 311. The van der Waals surface area contributed by atoms with E-state index in [1.54, 1.807) is 0 Å². The Morgan fingerprint density at radius 2 is 2.00 bits per heavy atom. The Morgan fingerprint density at radius 3 is 2.53 bits per heavy atom. The molecule has 17 heavy (non-hydrogen) atoms. The van der Waals surface area contributed by atoms with Gasteiger partial charge in [-0.15, -0.1) is 0 Å². The summed E-state index contributed by atoms with van der Waals surface area (Å²) < 4.78 is 23.7. The standard InChI is InChI=1S/C13H27NO2S/c1-11(2)13(14-3)9-6-8-12-7-4-5-10-17(12,15)16/h11-14H,4-10H2,1-3H3/t12?,13-/m1/s1. The molecule has 0 spiro atoms. The van der Waals surface area contributed by atoms with Crippen molar-refractivity contribution < 1.29 is 8.42 Å². The van der Waals surface area contributed by atoms with Crippen molar-refractivity contribution in [3.8, 4) is 0 Å². The molecular formula is C13H27NO2S. The molecule has 102 valence electrons. The maximum Gasteiger partial charge on any atom is 0.153 e. The van der Waals surface area contributed by atoms with Crippen LogP contribution in [-0.4, -0.2) is 32.5 Å². The van der Waals surface area contributed by atoms with E-state index in [1.165, 1.54) is 0 Å². The maximum atomic E-state index is 11.8. The van der Waals surface area contributed by atoms with Gasteiger partial charge in [-0.3, -0.25) is 0 Å². The summed E-state index contributed by atoms with van der Waals surface area (Å²) in [4.78, 5) is 0. The van der Waals surface area contributed by atoms with Crippen molar-refractivity contribution in [2.45, 2.75) is 63.7 Å². The summed E-state index contributed by atoms with van der Waals surface area (Å²) in [5.74, 6) is 1.03. The fourth-order valence-corrected chi connectivity index (χ4v) is 4.71. The third-order valence-electron chi connectivity index (χ3n) is 3.93. The van der Waals surface area contributed by atoms with Gasteiger partial charge in [-0.25, -0.2) is 8.42 Å². The van der Waals surface area contributed by atoms with E-state index in [-0.39, 0.29) is 5.25 Å². The first kappa shape index (κ1) is 15.0. The van der Waals surface area contributed by atoms with Gasteiger partial charge in [-0.05, 0) is 38.6 Å². The molecule has 0 aliphatic carbocycles. The van der Waals surface area contributed by atoms with Crippen molar-refractivity contribution in [2.24, 2.45) is 5.92 Å². The summed E-state index contributed by atoms with van der Waals surface area (Å²) in [6.45, 7) is 4.41. The Labute approximate surface area is 106 Å². The van der Waals surface area contributed by atoms with Crippen LogP contribution in [0.15, 0.2) is 0 Å². The second-order valence-electron chi connectivity index (χ2n) is 5.55. The second-order valence-corrected chi connectivity index (χ2v) is 7.96. The Kier molecular flexibility index (Phi) is 5.93. The molecule has 1 aliphatic heterocycles. The molecule has 4 heteroatoms. The summed E-state index contributed by atoms with van der Waals surface area (Å²) in [6, 6.07) is 0.515. The molecular weight excluding hydrogens is 234 g/mol. The summed E-state index contributed by atoms with van der Waals surface area (Å²) >= 11 is 0. The predicted molar refractivity (Wildman–Crippen MR) is 73.0 cm³/mol. The topological polar surface area (TPSA) is 46.2 Å². The minimum absolute atomic E-state index is 0.0547. The normalized spacial score (nSPS) is 26.0. The Morgan fingerprint density at radius 1 is 1.29 bits per heavy atom. The quantitative estimate of drug-likeness (QED) is 0.798. The predicted octanol–water partition coefficient (Wildman–Crippen LogP) is 2.37. The van der Waals surface area contributed by atoms with Crippen LogP contribution in [0.25, 0.3) is 0 Å². The van der Waals surface area contributed by atoms with Gasteiger partial charge in [0.2, 0.25) is 0 Å². The van der Waals surface area contributed by atoms with E-state index in [1.807, 2.05) is 7.05 Å². The van der Waals surface area contributed by atoms with Crippen molar-refractivity contribution in [3.05, 3.63) is 0 Å². The molecule has 1 heterocycles. The lowest BCUT2D eigenvalue weighted by Gasteiger charge is -2.24. The van der Waals surface area contributed by atoms with Crippen LogP contribution in [0.5, 0.6) is 0 Å². The first-order valence-corrected chi connectivity index (χ1v) is 8.57. The number of rotatable bonds is 6. The van der Waals surface area contributed by atoms with Crippen LogP contribution in [0.4, 0.5) is 0 Å². The van der Waals surface area contributed by atoms with Gasteiger partial charge in [0.15, 0.2) is 9.84 Å². The molecule has 0 aromatic carbocycles. The molecule has 0 radical (unpaired) electrons. The van der Waals surface area contributed by atoms with Gasteiger partial charge in [-0.2, -0.15) is 0 Å². The van der Waals surface area contributed by atoms with Crippen molar-refractivity contribution in [3.63, 3.8) is 0 Å². The number of nitrogens with one attached hydrogen (secondary N) is 1. The lowest BCUT2D eigenvalue weighted by atomic mass is 9.97. The lowest BCUT2D eigenvalue weighted by molar-refractivity contribution is 0.384. The van der Waals surface area contributed by atoms with Gasteiger partial charge >= 0.3 is 0 Å². The SMILES string of the molecule is CN[C@H](CCCC1CCCCS1(=O)=O)C(C)C. The highest BCUT2D eigenvalue weighted by molar-refractivity contribution is 7.92. The smallest absolute Gasteiger partial charge is 0.153 e. The van der Waals surface area contributed by atoms with Gasteiger partial charge in [0.1, 0.15) is 0 Å². The Balaban J connectivity index is 2.35. The van der Waals surface area contributed by atoms with Crippen LogP contribution in [-0.2, 0) is 9.84 Å². The van der Waals surface area contributed by atoms with E-state index >= 15 is 0 Å². The van der Waals surface area contributed by atoms with E-state index in [2.05, 4.69) is 19.2 Å². The molecule has 1 rings (SSSR count). The van der Waals surface area contributed by atoms with Crippen LogP contribution in [0.1, 0.15) is 52.4 Å². The van der Waals surface area contributed by atoms with Crippen molar-refractivity contribution in [2.75, 3.05) is 12.8 Å². The Hall–Kier alpha value is -0.0900. The molecule has 1 aliphatic rings. The van der Waals surface area contributed by atoms with Crippen LogP contribution in [0.2, 0.25) is 0 Å². The van der Waals surface area contributed by atoms with Crippen molar-refractivity contribution in [1.29, 1.82) is 0 Å². The van der Waals surface area contributed by atoms with Gasteiger partial charge in [-0.1, -0.05) is 26.7 Å². The molecule has 0 saturated carbocycles. The fourth-order valence-electron chi connectivity index (χ4n) is 2.72. The fraction of sp³-hybridized carbons (Fsp3) is 1.00. The lowest BCUT2D eigenvalue weighted by Crippen LogP contribution is -2.32. The highest BCUT2D eigenvalue weighted by Gasteiger charge is 2.28. The summed E-state index contributed by atoms with van der Waals surface area (Å²) in [6.07, 6.45) is 5.79. The molecule has 0 aromatic rings. The van der Waals surface area contributed by atoms with E-state index in [4.69, 9.17) is 0 Å². The van der Waals surface area contributed by atoms with Gasteiger partial charge in [0.25, 0.3) is 0 Å². The third-order valence-corrected chi connectivity index (χ3v) is 6.27. The van der Waals surface area contributed by atoms with Crippen molar-refractivity contribution in [1.82, 2.24) is 5.32 Å². The number of hydrogen-bond acceptors (Lipinski definition) is 3. The number of sulfone groups is 1. The molecule has 1 saturated heterocycles. The first-order valence-electron chi connectivity index (χ1n) is 6.86. The van der Waals surface area contributed by atoms with Crippen LogP contribution < -0.4 is 5.32 Å². The minimum Gasteiger partial charge on any atom is -0.317 e. The van der Waals surface area contributed by atoms with Crippen LogP contribution in [0.3, 0.4) is 0 Å². The molecule has 0 amide bonds. The maximum absolute atomic E-state index is 11.8. The van der Waals surface area contributed by atoms with Crippen molar-refractivity contribution >= 4 is 9.84 Å².